The molecule has 0 fully saturated rings. The zero-order valence-electron chi connectivity index (χ0n) is 24.5. The van der Waals surface area contributed by atoms with Crippen molar-refractivity contribution in [1.29, 1.82) is 0 Å². The lowest BCUT2D eigenvalue weighted by Gasteiger charge is -2.03. The Kier molecular flexibility index (Phi) is 30.5. The van der Waals surface area contributed by atoms with Crippen LogP contribution in [0, 0.1) is 0 Å². The zero-order valence-corrected chi connectivity index (χ0v) is 24.5. The maximum Gasteiger partial charge on any atom is 0.132 e. The van der Waals surface area contributed by atoms with Crippen molar-refractivity contribution < 1.29 is 4.79 Å². The van der Waals surface area contributed by atoms with Crippen LogP contribution in [0.15, 0.2) is 48.6 Å². The number of carbonyl (C=O) groups is 1. The topological polar surface area (TPSA) is 17.1 Å². The minimum atomic E-state index is 0.498. The van der Waals surface area contributed by atoms with E-state index in [0.29, 0.717) is 5.78 Å². The van der Waals surface area contributed by atoms with Crippen LogP contribution in [-0.4, -0.2) is 5.78 Å². The Hall–Kier alpha value is -1.37. The Morgan fingerprint density at radius 2 is 0.750 bits per heavy atom. The van der Waals surface area contributed by atoms with E-state index in [2.05, 4.69) is 62.5 Å². The summed E-state index contributed by atoms with van der Waals surface area (Å²) < 4.78 is 0. The van der Waals surface area contributed by atoms with E-state index in [4.69, 9.17) is 0 Å². The van der Waals surface area contributed by atoms with E-state index >= 15 is 0 Å². The number of carbonyl (C=O) groups excluding carboxylic acids is 1. The molecule has 0 amide bonds. The van der Waals surface area contributed by atoms with Gasteiger partial charge in [0.05, 0.1) is 0 Å². The molecule has 0 aliphatic rings. The molecule has 0 unspecified atom stereocenters. The molecule has 0 bridgehead atoms. The van der Waals surface area contributed by atoms with E-state index in [1.54, 1.807) is 0 Å². The molecule has 0 saturated heterocycles. The summed E-state index contributed by atoms with van der Waals surface area (Å²) in [4.78, 5) is 12.1. The van der Waals surface area contributed by atoms with Crippen molar-refractivity contribution >= 4 is 5.78 Å². The Morgan fingerprint density at radius 3 is 1.17 bits per heavy atom. The molecule has 0 saturated carbocycles. The van der Waals surface area contributed by atoms with E-state index in [1.165, 1.54) is 116 Å². The largest absolute Gasteiger partial charge is 0.300 e. The molecule has 0 aromatic heterocycles. The van der Waals surface area contributed by atoms with Crippen molar-refractivity contribution in [3.05, 3.63) is 48.6 Å². The fraction of sp³-hybridized carbons (Fsp3) is 0.743. The van der Waals surface area contributed by atoms with Gasteiger partial charge >= 0.3 is 0 Å². The average Bonchev–Trinajstić information content (AvgIpc) is 2.88. The minimum absolute atomic E-state index is 0.498. The van der Waals surface area contributed by atoms with Crippen molar-refractivity contribution in [2.75, 3.05) is 0 Å². The van der Waals surface area contributed by atoms with Crippen LogP contribution in [0.4, 0.5) is 0 Å². The highest BCUT2D eigenvalue weighted by Gasteiger charge is 2.02. The number of rotatable bonds is 28. The molecule has 36 heavy (non-hydrogen) atoms. The highest BCUT2D eigenvalue weighted by Crippen LogP contribution is 2.13. The van der Waals surface area contributed by atoms with E-state index in [0.717, 1.165) is 38.5 Å². The lowest BCUT2D eigenvalue weighted by atomic mass is 10.0. The molecule has 0 rings (SSSR count). The summed E-state index contributed by atoms with van der Waals surface area (Å²) in [5.74, 6) is 0.498. The third-order valence-corrected chi connectivity index (χ3v) is 6.79. The Bertz CT molecular complexity index is 551. The molecular formula is C35H62O. The number of unbranched alkanes of at least 4 members (excludes halogenated alkanes) is 16. The number of Topliss-reactive ketones (excluding diaryl/α,β-unsaturated/α-hetero) is 1. The van der Waals surface area contributed by atoms with Gasteiger partial charge < -0.3 is 0 Å². The van der Waals surface area contributed by atoms with Crippen LogP contribution in [0.3, 0.4) is 0 Å². The van der Waals surface area contributed by atoms with Gasteiger partial charge in [0.2, 0.25) is 0 Å². The van der Waals surface area contributed by atoms with Crippen molar-refractivity contribution in [1.82, 2.24) is 0 Å². The molecular weight excluding hydrogens is 436 g/mol. The summed E-state index contributed by atoms with van der Waals surface area (Å²) in [5.41, 5.74) is 0. The van der Waals surface area contributed by atoms with Crippen molar-refractivity contribution in [2.24, 2.45) is 0 Å². The average molecular weight is 499 g/mol. The Morgan fingerprint density at radius 1 is 0.389 bits per heavy atom. The van der Waals surface area contributed by atoms with Crippen LogP contribution in [-0.2, 0) is 4.79 Å². The van der Waals surface area contributed by atoms with Crippen LogP contribution in [0.2, 0.25) is 0 Å². The molecule has 1 nitrogen and oxygen atoms in total. The molecule has 0 N–H and O–H groups in total. The van der Waals surface area contributed by atoms with Gasteiger partial charge in [0.1, 0.15) is 5.78 Å². The number of hydrogen-bond donors (Lipinski definition) is 0. The second kappa shape index (κ2) is 31.7. The van der Waals surface area contributed by atoms with Gasteiger partial charge in [-0.05, 0) is 70.6 Å². The summed E-state index contributed by atoms with van der Waals surface area (Å²) >= 11 is 0. The van der Waals surface area contributed by atoms with Crippen LogP contribution < -0.4 is 0 Å². The Labute approximate surface area is 227 Å². The van der Waals surface area contributed by atoms with Gasteiger partial charge in [-0.1, -0.05) is 133 Å². The van der Waals surface area contributed by atoms with Gasteiger partial charge in [-0.3, -0.25) is 4.79 Å². The van der Waals surface area contributed by atoms with Crippen molar-refractivity contribution in [2.45, 2.75) is 168 Å². The van der Waals surface area contributed by atoms with E-state index in [1.807, 2.05) is 0 Å². The van der Waals surface area contributed by atoms with Gasteiger partial charge in [-0.15, -0.1) is 0 Å². The third kappa shape index (κ3) is 30.7. The van der Waals surface area contributed by atoms with Gasteiger partial charge in [0.25, 0.3) is 0 Å². The molecule has 0 aromatic rings. The monoisotopic (exact) mass is 498 g/mol. The maximum atomic E-state index is 12.1. The SMILES string of the molecule is CCC/C=C\C/C=C\CCCCCCCCC(=O)CCCCCCCC/C=C\C/C=C\CCCCC. The third-order valence-electron chi connectivity index (χ3n) is 6.79. The first-order valence-corrected chi connectivity index (χ1v) is 15.9. The highest BCUT2D eigenvalue weighted by molar-refractivity contribution is 5.78. The lowest BCUT2D eigenvalue weighted by molar-refractivity contribution is -0.119. The molecule has 0 aliphatic carbocycles. The summed E-state index contributed by atoms with van der Waals surface area (Å²) in [5, 5.41) is 0. The normalized spacial score (nSPS) is 12.3. The van der Waals surface area contributed by atoms with Gasteiger partial charge in [-0.25, -0.2) is 0 Å². The summed E-state index contributed by atoms with van der Waals surface area (Å²) in [7, 11) is 0. The van der Waals surface area contributed by atoms with E-state index in [-0.39, 0.29) is 0 Å². The second-order valence-electron chi connectivity index (χ2n) is 10.5. The van der Waals surface area contributed by atoms with Crippen LogP contribution in [0.5, 0.6) is 0 Å². The molecule has 0 aromatic carbocycles. The number of ketones is 1. The standard InChI is InChI=1S/C35H62O/c1-3-5-7-9-11-13-15-17-19-20-22-24-26-28-30-32-34-35(36)33-31-29-27-25-23-21-18-16-14-12-10-8-6-4-2/h8,10-11,13-14,16-17,19H,3-7,9,12,15,18,20-34H2,1-2H3/b10-8-,13-11-,16-14-,19-17-. The molecule has 0 spiro atoms. The summed E-state index contributed by atoms with van der Waals surface area (Å²) in [6, 6.07) is 0. The quantitative estimate of drug-likeness (QED) is 0.0774. The molecule has 0 atom stereocenters. The van der Waals surface area contributed by atoms with Crippen LogP contribution in [0.25, 0.3) is 0 Å². The molecule has 0 radical (unpaired) electrons. The lowest BCUT2D eigenvalue weighted by Crippen LogP contribution is -1.97. The van der Waals surface area contributed by atoms with Gasteiger partial charge in [0, 0.05) is 12.8 Å². The summed E-state index contributed by atoms with van der Waals surface area (Å²) in [6.07, 6.45) is 47.6. The molecule has 0 heterocycles. The predicted octanol–water partition coefficient (Wildman–Crippen LogP) is 12.2. The second-order valence-corrected chi connectivity index (χ2v) is 10.5. The fourth-order valence-electron chi connectivity index (χ4n) is 4.40. The molecule has 1 heteroatoms. The smallest absolute Gasteiger partial charge is 0.132 e. The maximum absolute atomic E-state index is 12.1. The van der Waals surface area contributed by atoms with Crippen LogP contribution >= 0.6 is 0 Å². The molecule has 208 valence electrons. The first kappa shape index (κ1) is 34.6. The fourth-order valence-corrected chi connectivity index (χ4v) is 4.40. The zero-order chi connectivity index (χ0) is 26.2. The molecule has 0 aliphatic heterocycles. The predicted molar refractivity (Wildman–Crippen MR) is 164 cm³/mol. The summed E-state index contributed by atoms with van der Waals surface area (Å²) in [6.45, 7) is 4.48. The minimum Gasteiger partial charge on any atom is -0.300 e. The number of hydrogen-bond acceptors (Lipinski definition) is 1. The van der Waals surface area contributed by atoms with E-state index < -0.39 is 0 Å². The first-order valence-electron chi connectivity index (χ1n) is 15.9. The highest BCUT2D eigenvalue weighted by atomic mass is 16.1. The number of allylic oxidation sites excluding steroid dienone is 8. The van der Waals surface area contributed by atoms with Crippen molar-refractivity contribution in [3.8, 4) is 0 Å². The van der Waals surface area contributed by atoms with Crippen LogP contribution in [0.1, 0.15) is 168 Å². The first-order chi connectivity index (χ1) is 17.8. The van der Waals surface area contributed by atoms with Gasteiger partial charge in [-0.2, -0.15) is 0 Å². The van der Waals surface area contributed by atoms with E-state index in [9.17, 15) is 4.79 Å². The Balaban J connectivity index is 3.29. The van der Waals surface area contributed by atoms with Gasteiger partial charge in [0.15, 0.2) is 0 Å². The van der Waals surface area contributed by atoms with Crippen molar-refractivity contribution in [3.63, 3.8) is 0 Å².